The predicted octanol–water partition coefficient (Wildman–Crippen LogP) is 4.12. The minimum Gasteiger partial charge on any atom is -0.462 e. The number of esters is 1. The maximum absolute atomic E-state index is 13.8. The van der Waals surface area contributed by atoms with Crippen LogP contribution in [0.25, 0.3) is 0 Å². The number of rotatable bonds is 4. The maximum Gasteiger partial charge on any atom is 0.416 e. The second-order valence-corrected chi connectivity index (χ2v) is 4.55. The average molecular weight is 386 g/mol. The summed E-state index contributed by atoms with van der Waals surface area (Å²) in [6.45, 7) is 0.756. The van der Waals surface area contributed by atoms with Gasteiger partial charge in [0.15, 0.2) is 0 Å². The van der Waals surface area contributed by atoms with Crippen LogP contribution in [0.15, 0.2) is 12.1 Å². The number of benzene rings is 1. The zero-order chi connectivity index (χ0) is 17.3. The topological polar surface area (TPSA) is 52.3 Å². The van der Waals surface area contributed by atoms with E-state index < -0.39 is 52.7 Å². The molecule has 0 aliphatic heterocycles. The Morgan fingerprint density at radius 2 is 1.83 bits per heavy atom. The number of carbonyl (C=O) groups excluding carboxylic acids is 1. The van der Waals surface area contributed by atoms with Crippen molar-refractivity contribution in [3.05, 3.63) is 34.1 Å². The Bertz CT molecular complexity index is 579. The molecule has 1 rings (SSSR count). The molecule has 1 aromatic rings. The molecule has 0 aromatic heterocycles. The molecular formula is C12H11Cl2F6NO2. The van der Waals surface area contributed by atoms with Gasteiger partial charge in [0, 0.05) is 5.56 Å². The largest absolute Gasteiger partial charge is 0.462 e. The highest BCUT2D eigenvalue weighted by Crippen LogP contribution is 2.41. The average Bonchev–Trinajstić information content (AvgIpc) is 2.39. The van der Waals surface area contributed by atoms with E-state index in [1.54, 1.807) is 0 Å². The summed E-state index contributed by atoms with van der Waals surface area (Å²) in [4.78, 5) is 11.1. The van der Waals surface area contributed by atoms with Gasteiger partial charge >= 0.3 is 18.1 Å². The van der Waals surface area contributed by atoms with Crippen molar-refractivity contribution >= 4 is 30.0 Å². The Balaban J connectivity index is 0.00000484. The van der Waals surface area contributed by atoms with Crippen LogP contribution in [0.2, 0.25) is 5.02 Å². The van der Waals surface area contributed by atoms with E-state index in [1.165, 1.54) is 6.92 Å². The molecule has 0 bridgehead atoms. The normalized spacial score (nSPS) is 13.3. The third kappa shape index (κ3) is 4.42. The molecule has 132 valence electrons. The van der Waals surface area contributed by atoms with Gasteiger partial charge in [-0.15, -0.1) is 12.4 Å². The second kappa shape index (κ2) is 7.59. The highest BCUT2D eigenvalue weighted by molar-refractivity contribution is 6.30. The lowest BCUT2D eigenvalue weighted by atomic mass is 9.95. The van der Waals surface area contributed by atoms with Crippen molar-refractivity contribution in [1.29, 1.82) is 0 Å². The maximum atomic E-state index is 13.8. The monoisotopic (exact) mass is 385 g/mol. The fourth-order valence-corrected chi connectivity index (χ4v) is 1.82. The second-order valence-electron chi connectivity index (χ2n) is 4.14. The minimum absolute atomic E-state index is 0. The highest BCUT2D eigenvalue weighted by atomic mass is 35.5. The number of alkyl halides is 5. The van der Waals surface area contributed by atoms with Gasteiger partial charge in [0.2, 0.25) is 0 Å². The van der Waals surface area contributed by atoms with Crippen LogP contribution in [0.5, 0.6) is 0 Å². The van der Waals surface area contributed by atoms with E-state index in [4.69, 9.17) is 17.3 Å². The predicted molar refractivity (Wildman–Crippen MR) is 72.2 cm³/mol. The molecule has 0 aliphatic rings. The number of carbonyl (C=O) groups is 1. The molecule has 0 saturated heterocycles. The molecule has 23 heavy (non-hydrogen) atoms. The first-order valence-corrected chi connectivity index (χ1v) is 6.18. The van der Waals surface area contributed by atoms with Gasteiger partial charge in [0.05, 0.1) is 17.2 Å². The molecule has 3 nitrogen and oxygen atoms in total. The molecule has 0 saturated carbocycles. The van der Waals surface area contributed by atoms with E-state index in [-0.39, 0.29) is 12.4 Å². The number of ether oxygens (including phenoxy) is 1. The van der Waals surface area contributed by atoms with Crippen LogP contribution >= 0.6 is 24.0 Å². The van der Waals surface area contributed by atoms with E-state index in [0.717, 1.165) is 0 Å². The fourth-order valence-electron chi connectivity index (χ4n) is 1.65. The molecule has 0 fully saturated rings. The minimum atomic E-state index is -5.16. The molecule has 0 unspecified atom stereocenters. The van der Waals surface area contributed by atoms with Gasteiger partial charge in [-0.3, -0.25) is 0 Å². The summed E-state index contributed by atoms with van der Waals surface area (Å²) in [5, 5.41) is -0.835. The first kappa shape index (κ1) is 21.8. The molecule has 0 radical (unpaired) electrons. The summed E-state index contributed by atoms with van der Waals surface area (Å²) < 4.78 is 83.9. The van der Waals surface area contributed by atoms with Crippen molar-refractivity contribution in [3.63, 3.8) is 0 Å². The molecule has 1 aromatic carbocycles. The molecule has 2 N–H and O–H groups in total. The van der Waals surface area contributed by atoms with E-state index in [0.29, 0.717) is 12.1 Å². The summed E-state index contributed by atoms with van der Waals surface area (Å²) >= 11 is 5.31. The van der Waals surface area contributed by atoms with Crippen LogP contribution in [0, 0.1) is 5.82 Å². The van der Waals surface area contributed by atoms with Gasteiger partial charge in [0.25, 0.3) is 0 Å². The molecule has 0 aliphatic carbocycles. The summed E-state index contributed by atoms with van der Waals surface area (Å²) in [5.74, 6) is -8.50. The molecular weight excluding hydrogens is 375 g/mol. The van der Waals surface area contributed by atoms with Crippen LogP contribution in [-0.2, 0) is 15.7 Å². The first-order chi connectivity index (χ1) is 9.94. The van der Waals surface area contributed by atoms with Crippen molar-refractivity contribution in [3.8, 4) is 0 Å². The van der Waals surface area contributed by atoms with Gasteiger partial charge < -0.3 is 10.5 Å². The van der Waals surface area contributed by atoms with E-state index in [1.807, 2.05) is 0 Å². The van der Waals surface area contributed by atoms with Gasteiger partial charge in [-0.1, -0.05) is 11.6 Å². The van der Waals surface area contributed by atoms with Gasteiger partial charge in [-0.25, -0.2) is 9.18 Å². The summed E-state index contributed by atoms with van der Waals surface area (Å²) in [6.07, 6.45) is -5.16. The third-order valence-electron chi connectivity index (χ3n) is 2.69. The Hall–Kier alpha value is -1.19. The van der Waals surface area contributed by atoms with Crippen molar-refractivity contribution < 1.29 is 35.9 Å². The van der Waals surface area contributed by atoms with Crippen molar-refractivity contribution in [2.24, 2.45) is 5.73 Å². The van der Waals surface area contributed by atoms with Gasteiger partial charge in [-0.2, -0.15) is 22.0 Å². The van der Waals surface area contributed by atoms with Crippen LogP contribution in [0.1, 0.15) is 24.1 Å². The van der Waals surface area contributed by atoms with Crippen molar-refractivity contribution in [1.82, 2.24) is 0 Å². The number of hydrogen-bond acceptors (Lipinski definition) is 3. The van der Waals surface area contributed by atoms with Crippen LogP contribution in [-0.4, -0.2) is 18.5 Å². The lowest BCUT2D eigenvalue weighted by molar-refractivity contribution is -0.175. The Kier molecular flexibility index (Phi) is 7.19. The number of hydrogen-bond donors (Lipinski definition) is 1. The molecule has 0 spiro atoms. The van der Waals surface area contributed by atoms with E-state index in [9.17, 15) is 31.1 Å². The first-order valence-electron chi connectivity index (χ1n) is 5.80. The van der Waals surface area contributed by atoms with E-state index >= 15 is 0 Å². The number of nitrogens with two attached hydrogens (primary N) is 1. The summed E-state index contributed by atoms with van der Waals surface area (Å²) in [5.41, 5.74) is 1.68. The quantitative estimate of drug-likeness (QED) is 0.626. The zero-order valence-corrected chi connectivity index (χ0v) is 13.0. The lowest BCUT2D eigenvalue weighted by Crippen LogP contribution is -2.43. The SMILES string of the molecule is CCOC(=O)C(F)(F)[C@@H](N)c1c(C(F)(F)F)ccc(Cl)c1F.Cl. The Labute approximate surface area is 138 Å². The molecule has 0 amide bonds. The standard InChI is InChI=1S/C12H10ClF6NO2.ClH/c1-2-22-10(21)11(15,16)9(20)7-5(12(17,18)19)3-4-6(13)8(7)14;/h3-4,9H,2,20H2,1H3;1H/t9-;/m0./s1. The molecule has 1 atom stereocenters. The molecule has 0 heterocycles. The van der Waals surface area contributed by atoms with Crippen LogP contribution in [0.3, 0.4) is 0 Å². The zero-order valence-electron chi connectivity index (χ0n) is 11.4. The Morgan fingerprint density at radius 1 is 1.30 bits per heavy atom. The summed E-state index contributed by atoms with van der Waals surface area (Å²) in [7, 11) is 0. The third-order valence-corrected chi connectivity index (χ3v) is 2.98. The lowest BCUT2D eigenvalue weighted by Gasteiger charge is -2.25. The Morgan fingerprint density at radius 3 is 2.26 bits per heavy atom. The smallest absolute Gasteiger partial charge is 0.416 e. The van der Waals surface area contributed by atoms with Gasteiger partial charge in [0.1, 0.15) is 11.9 Å². The summed E-state index contributed by atoms with van der Waals surface area (Å²) in [6, 6.07) is -2.05. The van der Waals surface area contributed by atoms with Gasteiger partial charge in [-0.05, 0) is 19.1 Å². The highest BCUT2D eigenvalue weighted by Gasteiger charge is 2.51. The van der Waals surface area contributed by atoms with Crippen molar-refractivity contribution in [2.75, 3.05) is 6.61 Å². The van der Waals surface area contributed by atoms with Crippen LogP contribution < -0.4 is 5.73 Å². The fraction of sp³-hybridized carbons (Fsp3) is 0.417. The number of halogens is 8. The van der Waals surface area contributed by atoms with E-state index in [2.05, 4.69) is 4.74 Å². The molecule has 11 heteroatoms. The van der Waals surface area contributed by atoms with Crippen LogP contribution in [0.4, 0.5) is 26.3 Å². The van der Waals surface area contributed by atoms with Crippen molar-refractivity contribution in [2.45, 2.75) is 25.1 Å².